The SMILES string of the molecule is O=c1cc(-c2ccccc2)sc2c1CCCC2. The molecule has 17 heavy (non-hydrogen) atoms. The van der Waals surface area contributed by atoms with Crippen LogP contribution in [0.3, 0.4) is 0 Å². The molecule has 86 valence electrons. The van der Waals surface area contributed by atoms with E-state index in [-0.39, 0.29) is 5.43 Å². The molecule has 1 aliphatic rings. The molecule has 0 aliphatic heterocycles. The Hall–Kier alpha value is -1.41. The van der Waals surface area contributed by atoms with Crippen LogP contribution >= 0.6 is 11.3 Å². The topological polar surface area (TPSA) is 17.1 Å². The van der Waals surface area contributed by atoms with Crippen molar-refractivity contribution in [2.45, 2.75) is 25.7 Å². The van der Waals surface area contributed by atoms with Crippen molar-refractivity contribution in [2.75, 3.05) is 0 Å². The van der Waals surface area contributed by atoms with E-state index in [2.05, 4.69) is 12.1 Å². The van der Waals surface area contributed by atoms with E-state index < -0.39 is 0 Å². The summed E-state index contributed by atoms with van der Waals surface area (Å²) in [6.07, 6.45) is 4.44. The molecule has 0 bridgehead atoms. The summed E-state index contributed by atoms with van der Waals surface area (Å²) >= 11 is 1.79. The third-order valence-electron chi connectivity index (χ3n) is 3.27. The fourth-order valence-corrected chi connectivity index (χ4v) is 3.62. The lowest BCUT2D eigenvalue weighted by Gasteiger charge is -2.14. The molecule has 1 aromatic carbocycles. The van der Waals surface area contributed by atoms with Crippen molar-refractivity contribution in [1.29, 1.82) is 0 Å². The van der Waals surface area contributed by atoms with Gasteiger partial charge in [0.05, 0.1) is 0 Å². The molecule has 1 nitrogen and oxygen atoms in total. The largest absolute Gasteiger partial charge is 0.290 e. The molecule has 1 aliphatic carbocycles. The first kappa shape index (κ1) is 10.7. The van der Waals surface area contributed by atoms with Crippen LogP contribution in [0.2, 0.25) is 0 Å². The van der Waals surface area contributed by atoms with Gasteiger partial charge in [0.2, 0.25) is 0 Å². The van der Waals surface area contributed by atoms with Crippen molar-refractivity contribution in [3.8, 4) is 10.4 Å². The molecule has 3 rings (SSSR count). The second-order valence-corrected chi connectivity index (χ2v) is 5.59. The standard InChI is InChI=1S/C15H14OS/c16-13-10-15(11-6-2-1-3-7-11)17-14-9-5-4-8-12(13)14/h1-3,6-7,10H,4-5,8-9H2. The number of fused-ring (bicyclic) bond motifs is 1. The lowest BCUT2D eigenvalue weighted by molar-refractivity contribution is 0.692. The molecule has 0 saturated carbocycles. The van der Waals surface area contributed by atoms with Crippen LogP contribution in [0.1, 0.15) is 23.3 Å². The van der Waals surface area contributed by atoms with E-state index in [9.17, 15) is 4.79 Å². The van der Waals surface area contributed by atoms with Gasteiger partial charge < -0.3 is 0 Å². The minimum atomic E-state index is 0.234. The van der Waals surface area contributed by atoms with Crippen LogP contribution in [-0.4, -0.2) is 0 Å². The highest BCUT2D eigenvalue weighted by atomic mass is 32.1. The van der Waals surface area contributed by atoms with Crippen molar-refractivity contribution in [3.63, 3.8) is 0 Å². The van der Waals surface area contributed by atoms with Crippen LogP contribution < -0.4 is 5.43 Å². The van der Waals surface area contributed by atoms with E-state index in [0.717, 1.165) is 28.8 Å². The highest BCUT2D eigenvalue weighted by Crippen LogP contribution is 2.29. The molecule has 0 amide bonds. The lowest BCUT2D eigenvalue weighted by Crippen LogP contribution is -2.14. The van der Waals surface area contributed by atoms with Gasteiger partial charge in [-0.3, -0.25) is 4.79 Å². The minimum absolute atomic E-state index is 0.234. The van der Waals surface area contributed by atoms with Crippen molar-refractivity contribution in [1.82, 2.24) is 0 Å². The summed E-state index contributed by atoms with van der Waals surface area (Å²) in [6.45, 7) is 0. The highest BCUT2D eigenvalue weighted by Gasteiger charge is 2.14. The molecule has 1 aromatic heterocycles. The average molecular weight is 242 g/mol. The molecule has 1 heterocycles. The van der Waals surface area contributed by atoms with Crippen molar-refractivity contribution >= 4 is 11.3 Å². The Kier molecular flexibility index (Phi) is 2.81. The van der Waals surface area contributed by atoms with Crippen LogP contribution in [0.25, 0.3) is 10.4 Å². The maximum atomic E-state index is 12.1. The maximum Gasteiger partial charge on any atom is 0.184 e. The highest BCUT2D eigenvalue weighted by molar-refractivity contribution is 7.15. The zero-order valence-corrected chi connectivity index (χ0v) is 10.4. The Bertz CT molecular complexity index is 584. The number of aryl methyl sites for hydroxylation is 1. The zero-order valence-electron chi connectivity index (χ0n) is 9.61. The fraction of sp³-hybridized carbons (Fsp3) is 0.267. The summed E-state index contributed by atoms with van der Waals surface area (Å²) in [5.41, 5.74) is 2.46. The molecule has 0 fully saturated rings. The Morgan fingerprint density at radius 3 is 2.59 bits per heavy atom. The first-order valence-corrected chi connectivity index (χ1v) is 6.87. The van der Waals surface area contributed by atoms with Gasteiger partial charge in [0.25, 0.3) is 0 Å². The molecule has 0 saturated heterocycles. The van der Waals surface area contributed by atoms with Crippen LogP contribution in [0.4, 0.5) is 0 Å². The van der Waals surface area contributed by atoms with Gasteiger partial charge in [-0.1, -0.05) is 30.3 Å². The van der Waals surface area contributed by atoms with Crippen LogP contribution in [-0.2, 0) is 12.8 Å². The molecular weight excluding hydrogens is 228 g/mol. The van der Waals surface area contributed by atoms with Gasteiger partial charge in [0.15, 0.2) is 5.43 Å². The quantitative estimate of drug-likeness (QED) is 0.746. The third-order valence-corrected chi connectivity index (χ3v) is 4.54. The first-order chi connectivity index (χ1) is 8.34. The van der Waals surface area contributed by atoms with Gasteiger partial charge in [-0.2, -0.15) is 0 Å². The molecule has 0 atom stereocenters. The normalized spacial score (nSPS) is 14.4. The predicted molar refractivity (Wildman–Crippen MR) is 72.7 cm³/mol. The summed E-state index contributed by atoms with van der Waals surface area (Å²) in [5.74, 6) is 0. The van der Waals surface area contributed by atoms with Gasteiger partial charge in [-0.15, -0.1) is 11.3 Å². The Morgan fingerprint density at radius 2 is 1.76 bits per heavy atom. The summed E-state index contributed by atoms with van der Waals surface area (Å²) in [5, 5.41) is 0. The third kappa shape index (κ3) is 2.05. The van der Waals surface area contributed by atoms with Gasteiger partial charge in [-0.25, -0.2) is 0 Å². The summed E-state index contributed by atoms with van der Waals surface area (Å²) in [4.78, 5) is 14.5. The summed E-state index contributed by atoms with van der Waals surface area (Å²) in [7, 11) is 0. The molecule has 0 radical (unpaired) electrons. The molecule has 0 unspecified atom stereocenters. The van der Waals surface area contributed by atoms with Crippen molar-refractivity contribution in [3.05, 3.63) is 57.1 Å². The lowest BCUT2D eigenvalue weighted by atomic mass is 9.98. The van der Waals surface area contributed by atoms with E-state index in [4.69, 9.17) is 0 Å². The molecular formula is C15H14OS. The fourth-order valence-electron chi connectivity index (χ4n) is 2.36. The van der Waals surface area contributed by atoms with Gasteiger partial charge in [0.1, 0.15) is 0 Å². The summed E-state index contributed by atoms with van der Waals surface area (Å²) < 4.78 is 0. The van der Waals surface area contributed by atoms with Gasteiger partial charge in [-0.05, 0) is 31.2 Å². The van der Waals surface area contributed by atoms with E-state index in [1.807, 2.05) is 24.3 Å². The summed E-state index contributed by atoms with van der Waals surface area (Å²) in [6, 6.07) is 12.0. The molecule has 2 aromatic rings. The van der Waals surface area contributed by atoms with E-state index in [0.29, 0.717) is 0 Å². The number of rotatable bonds is 1. The first-order valence-electron chi connectivity index (χ1n) is 6.06. The zero-order chi connectivity index (χ0) is 11.7. The minimum Gasteiger partial charge on any atom is -0.290 e. The van der Waals surface area contributed by atoms with Crippen molar-refractivity contribution < 1.29 is 0 Å². The van der Waals surface area contributed by atoms with E-state index in [1.165, 1.54) is 17.7 Å². The van der Waals surface area contributed by atoms with Gasteiger partial charge >= 0.3 is 0 Å². The Labute approximate surface area is 105 Å². The molecule has 2 heteroatoms. The number of hydrogen-bond acceptors (Lipinski definition) is 2. The van der Waals surface area contributed by atoms with Crippen molar-refractivity contribution in [2.24, 2.45) is 0 Å². The predicted octanol–water partition coefficient (Wildman–Crippen LogP) is 3.65. The second-order valence-electron chi connectivity index (χ2n) is 4.45. The van der Waals surface area contributed by atoms with Crippen LogP contribution in [0.5, 0.6) is 0 Å². The van der Waals surface area contributed by atoms with E-state index >= 15 is 0 Å². The average Bonchev–Trinajstić information content (AvgIpc) is 2.40. The molecule has 0 spiro atoms. The second kappa shape index (κ2) is 4.46. The number of hydrogen-bond donors (Lipinski definition) is 0. The Morgan fingerprint density at radius 1 is 1.00 bits per heavy atom. The smallest absolute Gasteiger partial charge is 0.184 e. The monoisotopic (exact) mass is 242 g/mol. The molecule has 0 N–H and O–H groups in total. The Balaban J connectivity index is 2.14. The van der Waals surface area contributed by atoms with Crippen LogP contribution in [0.15, 0.2) is 41.2 Å². The van der Waals surface area contributed by atoms with Gasteiger partial charge in [0, 0.05) is 21.4 Å². The number of benzene rings is 1. The van der Waals surface area contributed by atoms with Crippen LogP contribution in [0, 0.1) is 0 Å². The maximum absolute atomic E-state index is 12.1. The van der Waals surface area contributed by atoms with E-state index in [1.54, 1.807) is 11.3 Å².